The fourth-order valence-electron chi connectivity index (χ4n) is 1.51. The Labute approximate surface area is 124 Å². The number of benzene rings is 1. The number of hydrogen-bond acceptors (Lipinski definition) is 5. The van der Waals surface area contributed by atoms with Crippen molar-refractivity contribution in [3.05, 3.63) is 56.1 Å². The summed E-state index contributed by atoms with van der Waals surface area (Å²) in [6.07, 6.45) is 0. The van der Waals surface area contributed by atoms with Crippen LogP contribution in [0.5, 0.6) is 5.75 Å². The molecule has 104 valence electrons. The van der Waals surface area contributed by atoms with E-state index < -0.39 is 4.92 Å². The molecule has 0 N–H and O–H groups in total. The molecule has 0 saturated carbocycles. The van der Waals surface area contributed by atoms with Gasteiger partial charge in [0.05, 0.1) is 16.0 Å². The first kappa shape index (κ1) is 14.5. The molecule has 2 rings (SSSR count). The first-order valence-electron chi connectivity index (χ1n) is 5.52. The van der Waals surface area contributed by atoms with Crippen molar-refractivity contribution in [2.75, 3.05) is 0 Å². The second kappa shape index (κ2) is 6.02. The highest BCUT2D eigenvalue weighted by Crippen LogP contribution is 2.29. The Morgan fingerprint density at radius 1 is 1.30 bits per heavy atom. The zero-order chi connectivity index (χ0) is 14.7. The van der Waals surface area contributed by atoms with E-state index in [1.165, 1.54) is 18.2 Å². The average Bonchev–Trinajstić information content (AvgIpc) is 2.36. The molecule has 1 heterocycles. The Kier molecular flexibility index (Phi) is 4.36. The second-order valence-corrected chi connectivity index (χ2v) is 4.70. The third-order valence-electron chi connectivity index (χ3n) is 2.35. The van der Waals surface area contributed by atoms with Gasteiger partial charge in [-0.25, -0.2) is 9.97 Å². The number of ether oxygens (including phenoxy) is 1. The van der Waals surface area contributed by atoms with Gasteiger partial charge in [-0.3, -0.25) is 10.1 Å². The first-order chi connectivity index (χ1) is 9.45. The standard InChI is InChI=1S/C12H9Cl2N3O3/c1-7-4-11(14)16-12(15-7)6-20-10-5-8(17(18)19)2-3-9(10)13/h2-5H,6H2,1H3. The van der Waals surface area contributed by atoms with Crippen LogP contribution in [0.2, 0.25) is 10.2 Å². The molecule has 0 aliphatic heterocycles. The minimum atomic E-state index is -0.525. The fourth-order valence-corrected chi connectivity index (χ4v) is 1.94. The molecule has 0 radical (unpaired) electrons. The average molecular weight is 314 g/mol. The molecule has 8 heteroatoms. The van der Waals surface area contributed by atoms with Gasteiger partial charge in [-0.15, -0.1) is 0 Å². The summed E-state index contributed by atoms with van der Waals surface area (Å²) < 4.78 is 5.40. The lowest BCUT2D eigenvalue weighted by Gasteiger charge is -2.07. The number of nitro benzene ring substituents is 1. The van der Waals surface area contributed by atoms with Gasteiger partial charge in [0, 0.05) is 11.8 Å². The van der Waals surface area contributed by atoms with Crippen LogP contribution in [-0.4, -0.2) is 14.9 Å². The minimum absolute atomic E-state index is 0.0162. The summed E-state index contributed by atoms with van der Waals surface area (Å²) in [4.78, 5) is 18.3. The van der Waals surface area contributed by atoms with E-state index in [9.17, 15) is 10.1 Å². The summed E-state index contributed by atoms with van der Waals surface area (Å²) in [6, 6.07) is 5.57. The van der Waals surface area contributed by atoms with E-state index in [-0.39, 0.29) is 23.1 Å². The molecule has 2 aromatic rings. The zero-order valence-corrected chi connectivity index (χ0v) is 11.9. The fraction of sp³-hybridized carbons (Fsp3) is 0.167. The van der Waals surface area contributed by atoms with Crippen molar-refractivity contribution in [1.82, 2.24) is 9.97 Å². The van der Waals surface area contributed by atoms with Crippen molar-refractivity contribution in [2.24, 2.45) is 0 Å². The topological polar surface area (TPSA) is 78.2 Å². The number of aryl methyl sites for hydroxylation is 1. The van der Waals surface area contributed by atoms with E-state index in [1.807, 2.05) is 0 Å². The summed E-state index contributed by atoms with van der Waals surface area (Å²) in [5, 5.41) is 11.3. The van der Waals surface area contributed by atoms with Gasteiger partial charge in [0.25, 0.3) is 5.69 Å². The van der Waals surface area contributed by atoms with Crippen molar-refractivity contribution >= 4 is 28.9 Å². The predicted molar refractivity (Wildman–Crippen MR) is 74.2 cm³/mol. The van der Waals surface area contributed by atoms with Crippen LogP contribution in [0.4, 0.5) is 5.69 Å². The highest BCUT2D eigenvalue weighted by Gasteiger charge is 2.11. The van der Waals surface area contributed by atoms with Crippen LogP contribution in [0, 0.1) is 17.0 Å². The molecular weight excluding hydrogens is 305 g/mol. The molecule has 0 amide bonds. The molecule has 0 saturated heterocycles. The number of hydrogen-bond donors (Lipinski definition) is 0. The lowest BCUT2D eigenvalue weighted by Crippen LogP contribution is -2.03. The van der Waals surface area contributed by atoms with Crippen LogP contribution in [-0.2, 0) is 6.61 Å². The maximum atomic E-state index is 10.7. The van der Waals surface area contributed by atoms with Crippen LogP contribution in [0.3, 0.4) is 0 Å². The molecule has 0 aliphatic carbocycles. The zero-order valence-electron chi connectivity index (χ0n) is 10.3. The van der Waals surface area contributed by atoms with Crippen LogP contribution in [0.25, 0.3) is 0 Å². The van der Waals surface area contributed by atoms with Crippen molar-refractivity contribution in [3.63, 3.8) is 0 Å². The largest absolute Gasteiger partial charge is 0.484 e. The summed E-state index contributed by atoms with van der Waals surface area (Å²) in [5.74, 6) is 0.569. The molecule has 20 heavy (non-hydrogen) atoms. The van der Waals surface area contributed by atoms with Crippen molar-refractivity contribution in [1.29, 1.82) is 0 Å². The first-order valence-corrected chi connectivity index (χ1v) is 6.28. The third kappa shape index (κ3) is 3.55. The van der Waals surface area contributed by atoms with E-state index in [0.717, 1.165) is 0 Å². The van der Waals surface area contributed by atoms with Gasteiger partial charge >= 0.3 is 0 Å². The predicted octanol–water partition coefficient (Wildman–Crippen LogP) is 3.58. The molecular formula is C12H9Cl2N3O3. The molecule has 6 nitrogen and oxygen atoms in total. The Bertz CT molecular complexity index is 644. The van der Waals surface area contributed by atoms with Gasteiger partial charge in [0.15, 0.2) is 5.82 Å². The number of nitro groups is 1. The Hall–Kier alpha value is -1.92. The van der Waals surface area contributed by atoms with Crippen LogP contribution < -0.4 is 4.74 Å². The maximum Gasteiger partial charge on any atom is 0.273 e. The summed E-state index contributed by atoms with van der Waals surface area (Å²) in [7, 11) is 0. The Balaban J connectivity index is 2.18. The number of halogens is 2. The summed E-state index contributed by atoms with van der Waals surface area (Å²) in [5.41, 5.74) is 0.598. The molecule has 0 unspecified atom stereocenters. The van der Waals surface area contributed by atoms with E-state index in [0.29, 0.717) is 16.7 Å². The molecule has 0 bridgehead atoms. The smallest absolute Gasteiger partial charge is 0.273 e. The lowest BCUT2D eigenvalue weighted by molar-refractivity contribution is -0.384. The van der Waals surface area contributed by atoms with Crippen molar-refractivity contribution < 1.29 is 9.66 Å². The molecule has 0 aliphatic rings. The van der Waals surface area contributed by atoms with Gasteiger partial charge < -0.3 is 4.74 Å². The maximum absolute atomic E-state index is 10.7. The van der Waals surface area contributed by atoms with Gasteiger partial charge in [-0.2, -0.15) is 0 Å². The van der Waals surface area contributed by atoms with E-state index in [1.54, 1.807) is 13.0 Å². The number of nitrogens with zero attached hydrogens (tertiary/aromatic N) is 3. The van der Waals surface area contributed by atoms with Crippen molar-refractivity contribution in [3.8, 4) is 5.75 Å². The SMILES string of the molecule is Cc1cc(Cl)nc(COc2cc([N+](=O)[O-])ccc2Cl)n1. The lowest BCUT2D eigenvalue weighted by atomic mass is 10.3. The highest BCUT2D eigenvalue weighted by molar-refractivity contribution is 6.32. The molecule has 1 aromatic heterocycles. The van der Waals surface area contributed by atoms with Crippen LogP contribution in [0.15, 0.2) is 24.3 Å². The monoisotopic (exact) mass is 313 g/mol. The van der Waals surface area contributed by atoms with Crippen molar-refractivity contribution in [2.45, 2.75) is 13.5 Å². The third-order valence-corrected chi connectivity index (χ3v) is 2.86. The number of rotatable bonds is 4. The highest BCUT2D eigenvalue weighted by atomic mass is 35.5. The van der Waals surface area contributed by atoms with Gasteiger partial charge in [-0.05, 0) is 19.1 Å². The van der Waals surface area contributed by atoms with Crippen LogP contribution >= 0.6 is 23.2 Å². The number of non-ortho nitro benzene ring substituents is 1. The summed E-state index contributed by atoms with van der Waals surface area (Å²) >= 11 is 11.7. The van der Waals surface area contributed by atoms with E-state index >= 15 is 0 Å². The Morgan fingerprint density at radius 2 is 2.05 bits per heavy atom. The number of aromatic nitrogens is 2. The van der Waals surface area contributed by atoms with Gasteiger partial charge in [0.2, 0.25) is 0 Å². The molecule has 0 atom stereocenters. The molecule has 0 spiro atoms. The normalized spacial score (nSPS) is 10.3. The van der Waals surface area contributed by atoms with E-state index in [4.69, 9.17) is 27.9 Å². The molecule has 1 aromatic carbocycles. The summed E-state index contributed by atoms with van der Waals surface area (Å²) in [6.45, 7) is 1.79. The van der Waals surface area contributed by atoms with Gasteiger partial charge in [-0.1, -0.05) is 23.2 Å². The quantitative estimate of drug-likeness (QED) is 0.489. The van der Waals surface area contributed by atoms with Crippen LogP contribution in [0.1, 0.15) is 11.5 Å². The van der Waals surface area contributed by atoms with E-state index in [2.05, 4.69) is 9.97 Å². The minimum Gasteiger partial charge on any atom is -0.484 e. The second-order valence-electron chi connectivity index (χ2n) is 3.91. The van der Waals surface area contributed by atoms with Gasteiger partial charge in [0.1, 0.15) is 17.5 Å². The molecule has 0 fully saturated rings. The Morgan fingerprint density at radius 3 is 2.70 bits per heavy atom.